The summed E-state index contributed by atoms with van der Waals surface area (Å²) >= 11 is 0. The molecule has 1 aliphatic carbocycles. The molecule has 0 aromatic rings. The highest BCUT2D eigenvalue weighted by Crippen LogP contribution is 2.31. The lowest BCUT2D eigenvalue weighted by Gasteiger charge is -2.24. The van der Waals surface area contributed by atoms with Crippen LogP contribution in [0.3, 0.4) is 0 Å². The molecule has 0 heterocycles. The molecule has 0 spiro atoms. The van der Waals surface area contributed by atoms with Crippen molar-refractivity contribution in [2.24, 2.45) is 17.6 Å². The molecule has 0 aliphatic heterocycles. The van der Waals surface area contributed by atoms with Crippen LogP contribution in [0.25, 0.3) is 0 Å². The first-order valence-electron chi connectivity index (χ1n) is 6.09. The Morgan fingerprint density at radius 3 is 2.67 bits per heavy atom. The third kappa shape index (κ3) is 4.09. The van der Waals surface area contributed by atoms with Crippen molar-refractivity contribution in [2.45, 2.75) is 45.1 Å². The van der Waals surface area contributed by atoms with E-state index in [0.29, 0.717) is 18.4 Å². The lowest BCUT2D eigenvalue weighted by Crippen LogP contribution is -2.31. The zero-order valence-electron chi connectivity index (χ0n) is 10.0. The Balaban J connectivity index is 2.19. The second-order valence-electron chi connectivity index (χ2n) is 5.05. The molecule has 0 aromatic heterocycles. The highest BCUT2D eigenvalue weighted by molar-refractivity contribution is 4.78. The second kappa shape index (κ2) is 5.83. The van der Waals surface area contributed by atoms with Crippen molar-refractivity contribution in [3.63, 3.8) is 0 Å². The summed E-state index contributed by atoms with van der Waals surface area (Å²) in [5, 5.41) is 9.77. The van der Waals surface area contributed by atoms with Crippen LogP contribution in [0, 0.1) is 11.8 Å². The van der Waals surface area contributed by atoms with Gasteiger partial charge < -0.3 is 15.6 Å². The van der Waals surface area contributed by atoms with E-state index < -0.39 is 5.60 Å². The molecule has 15 heavy (non-hydrogen) atoms. The van der Waals surface area contributed by atoms with Crippen molar-refractivity contribution in [3.05, 3.63) is 0 Å². The van der Waals surface area contributed by atoms with Gasteiger partial charge in [0.2, 0.25) is 0 Å². The number of rotatable bonds is 6. The van der Waals surface area contributed by atoms with Crippen LogP contribution >= 0.6 is 0 Å². The number of hydrogen-bond acceptors (Lipinski definition) is 3. The van der Waals surface area contributed by atoms with Crippen LogP contribution in [0.1, 0.15) is 39.5 Å². The molecule has 3 unspecified atom stereocenters. The first-order chi connectivity index (χ1) is 7.09. The molecule has 1 aliphatic rings. The summed E-state index contributed by atoms with van der Waals surface area (Å²) in [5.74, 6) is 1.25. The zero-order chi connectivity index (χ0) is 11.3. The van der Waals surface area contributed by atoms with Gasteiger partial charge in [0, 0.05) is 6.61 Å². The maximum Gasteiger partial charge on any atom is 0.0849 e. The number of aliphatic hydroxyl groups is 1. The Hall–Kier alpha value is -0.120. The molecule has 1 fully saturated rings. The van der Waals surface area contributed by atoms with Crippen molar-refractivity contribution in [1.82, 2.24) is 0 Å². The Bertz CT molecular complexity index is 182. The fourth-order valence-corrected chi connectivity index (χ4v) is 2.18. The molecule has 3 N–H and O–H groups in total. The topological polar surface area (TPSA) is 55.5 Å². The van der Waals surface area contributed by atoms with Gasteiger partial charge in [-0.1, -0.05) is 13.3 Å². The van der Waals surface area contributed by atoms with Crippen molar-refractivity contribution >= 4 is 0 Å². The van der Waals surface area contributed by atoms with Crippen molar-refractivity contribution in [1.29, 1.82) is 0 Å². The van der Waals surface area contributed by atoms with Crippen molar-refractivity contribution in [2.75, 3.05) is 19.8 Å². The van der Waals surface area contributed by atoms with Gasteiger partial charge in [-0.25, -0.2) is 0 Å². The summed E-state index contributed by atoms with van der Waals surface area (Å²) in [7, 11) is 0. The molecule has 1 rings (SSSR count). The van der Waals surface area contributed by atoms with E-state index in [-0.39, 0.29) is 0 Å². The lowest BCUT2D eigenvalue weighted by molar-refractivity contribution is -0.0467. The minimum absolute atomic E-state index is 0.442. The fraction of sp³-hybridized carbons (Fsp3) is 1.00. The van der Waals surface area contributed by atoms with E-state index in [0.717, 1.165) is 19.6 Å². The predicted molar refractivity (Wildman–Crippen MR) is 61.6 cm³/mol. The van der Waals surface area contributed by atoms with Gasteiger partial charge in [0.05, 0.1) is 12.2 Å². The van der Waals surface area contributed by atoms with Gasteiger partial charge in [-0.15, -0.1) is 0 Å². The van der Waals surface area contributed by atoms with E-state index in [1.807, 2.05) is 13.8 Å². The Kier molecular flexibility index (Phi) is 5.03. The molecule has 3 heteroatoms. The third-order valence-corrected chi connectivity index (χ3v) is 3.63. The minimum atomic E-state index is -0.670. The fourth-order valence-electron chi connectivity index (χ4n) is 2.18. The van der Waals surface area contributed by atoms with Crippen LogP contribution in [0.5, 0.6) is 0 Å². The Morgan fingerprint density at radius 1 is 1.40 bits per heavy atom. The molecule has 0 bridgehead atoms. The molecular weight excluding hydrogens is 190 g/mol. The SMILES string of the molecule is CCC(C)(O)COCC1CCCC1CN. The first-order valence-corrected chi connectivity index (χ1v) is 6.09. The normalized spacial score (nSPS) is 30.4. The molecule has 0 saturated heterocycles. The monoisotopic (exact) mass is 215 g/mol. The quantitative estimate of drug-likeness (QED) is 0.706. The van der Waals surface area contributed by atoms with Gasteiger partial charge in [0.15, 0.2) is 0 Å². The highest BCUT2D eigenvalue weighted by atomic mass is 16.5. The summed E-state index contributed by atoms with van der Waals surface area (Å²) in [4.78, 5) is 0. The van der Waals surface area contributed by atoms with E-state index >= 15 is 0 Å². The minimum Gasteiger partial charge on any atom is -0.388 e. The van der Waals surface area contributed by atoms with Gasteiger partial charge in [-0.3, -0.25) is 0 Å². The molecule has 90 valence electrons. The molecule has 0 radical (unpaired) electrons. The predicted octanol–water partition coefficient (Wildman–Crippen LogP) is 1.54. The standard InChI is InChI=1S/C12H25NO2/c1-3-12(2,14)9-15-8-11-6-4-5-10(11)7-13/h10-11,14H,3-9,13H2,1-2H3. The van der Waals surface area contributed by atoms with Gasteiger partial charge in [0.1, 0.15) is 0 Å². The molecular formula is C12H25NO2. The molecule has 3 nitrogen and oxygen atoms in total. The highest BCUT2D eigenvalue weighted by Gasteiger charge is 2.27. The first kappa shape index (κ1) is 12.9. The zero-order valence-corrected chi connectivity index (χ0v) is 10.0. The van der Waals surface area contributed by atoms with Gasteiger partial charge in [0.25, 0.3) is 0 Å². The van der Waals surface area contributed by atoms with Crippen LogP contribution in [-0.2, 0) is 4.74 Å². The van der Waals surface area contributed by atoms with E-state index in [1.54, 1.807) is 0 Å². The summed E-state index contributed by atoms with van der Waals surface area (Å²) in [6.07, 6.45) is 4.49. The number of hydrogen-bond donors (Lipinski definition) is 2. The average molecular weight is 215 g/mol. The van der Waals surface area contributed by atoms with Gasteiger partial charge in [-0.05, 0) is 44.6 Å². The van der Waals surface area contributed by atoms with E-state index in [9.17, 15) is 5.11 Å². The lowest BCUT2D eigenvalue weighted by atomic mass is 9.97. The van der Waals surface area contributed by atoms with Crippen LogP contribution in [-0.4, -0.2) is 30.5 Å². The maximum absolute atomic E-state index is 9.77. The van der Waals surface area contributed by atoms with Crippen LogP contribution in [0.4, 0.5) is 0 Å². The third-order valence-electron chi connectivity index (χ3n) is 3.63. The molecule has 0 amide bonds. The summed E-state index contributed by atoms with van der Waals surface area (Å²) in [6.45, 7) is 5.77. The largest absolute Gasteiger partial charge is 0.388 e. The Labute approximate surface area is 93.0 Å². The molecule has 1 saturated carbocycles. The molecule has 0 aromatic carbocycles. The van der Waals surface area contributed by atoms with E-state index in [2.05, 4.69) is 0 Å². The van der Waals surface area contributed by atoms with Crippen LogP contribution < -0.4 is 5.73 Å². The number of nitrogens with two attached hydrogens (primary N) is 1. The average Bonchev–Trinajstić information content (AvgIpc) is 2.65. The summed E-state index contributed by atoms with van der Waals surface area (Å²) in [5.41, 5.74) is 5.03. The second-order valence-corrected chi connectivity index (χ2v) is 5.05. The van der Waals surface area contributed by atoms with E-state index in [1.165, 1.54) is 19.3 Å². The van der Waals surface area contributed by atoms with Gasteiger partial charge >= 0.3 is 0 Å². The van der Waals surface area contributed by atoms with Crippen molar-refractivity contribution < 1.29 is 9.84 Å². The molecule has 3 atom stereocenters. The summed E-state index contributed by atoms with van der Waals surface area (Å²) in [6, 6.07) is 0. The van der Waals surface area contributed by atoms with Gasteiger partial charge in [-0.2, -0.15) is 0 Å². The Morgan fingerprint density at radius 2 is 2.07 bits per heavy atom. The van der Waals surface area contributed by atoms with Crippen LogP contribution in [0.2, 0.25) is 0 Å². The smallest absolute Gasteiger partial charge is 0.0849 e. The van der Waals surface area contributed by atoms with Crippen LogP contribution in [0.15, 0.2) is 0 Å². The summed E-state index contributed by atoms with van der Waals surface area (Å²) < 4.78 is 5.60. The van der Waals surface area contributed by atoms with Crippen molar-refractivity contribution in [3.8, 4) is 0 Å². The van der Waals surface area contributed by atoms with E-state index in [4.69, 9.17) is 10.5 Å². The number of ether oxygens (including phenoxy) is 1. The maximum atomic E-state index is 9.77.